The Bertz CT molecular complexity index is 515. The second kappa shape index (κ2) is 7.24. The van der Waals surface area contributed by atoms with E-state index in [2.05, 4.69) is 34.1 Å². The highest BCUT2D eigenvalue weighted by Crippen LogP contribution is 2.18. The summed E-state index contributed by atoms with van der Waals surface area (Å²) in [5, 5.41) is 7.34. The number of hydrogen-bond donors (Lipinski definition) is 1. The first-order valence-electron chi connectivity index (χ1n) is 8.11. The second-order valence-electron chi connectivity index (χ2n) is 6.69. The summed E-state index contributed by atoms with van der Waals surface area (Å²) in [5.41, 5.74) is 2.72. The normalized spacial score (nSPS) is 17.2. The van der Waals surface area contributed by atoms with E-state index in [0.717, 1.165) is 49.8 Å². The lowest BCUT2D eigenvalue weighted by molar-refractivity contribution is -0.117. The Morgan fingerprint density at radius 2 is 1.77 bits per heavy atom. The SMILES string of the molecule is Cc1nn(C)c(C)c1NC(=O)CN1CCN(CC(C)C)CC1. The van der Waals surface area contributed by atoms with Gasteiger partial charge in [0.05, 0.1) is 23.6 Å². The molecular weight excluding hydrogens is 278 g/mol. The fourth-order valence-electron chi connectivity index (χ4n) is 2.98. The van der Waals surface area contributed by atoms with Crippen molar-refractivity contribution in [3.05, 3.63) is 11.4 Å². The summed E-state index contributed by atoms with van der Waals surface area (Å²) in [4.78, 5) is 17.0. The molecule has 1 aliphatic heterocycles. The fraction of sp³-hybridized carbons (Fsp3) is 0.750. The molecule has 6 heteroatoms. The molecule has 0 aromatic carbocycles. The van der Waals surface area contributed by atoms with Gasteiger partial charge in [-0.15, -0.1) is 0 Å². The Morgan fingerprint density at radius 1 is 1.18 bits per heavy atom. The third-order valence-corrected chi connectivity index (χ3v) is 4.23. The molecule has 2 rings (SSSR count). The van der Waals surface area contributed by atoms with Crippen molar-refractivity contribution in [1.82, 2.24) is 19.6 Å². The molecule has 1 N–H and O–H groups in total. The second-order valence-corrected chi connectivity index (χ2v) is 6.69. The first-order chi connectivity index (χ1) is 10.4. The average molecular weight is 307 g/mol. The number of rotatable bonds is 5. The molecule has 2 heterocycles. The van der Waals surface area contributed by atoms with E-state index in [1.165, 1.54) is 0 Å². The van der Waals surface area contributed by atoms with Crippen LogP contribution in [0.3, 0.4) is 0 Å². The van der Waals surface area contributed by atoms with Gasteiger partial charge in [0.1, 0.15) is 0 Å². The number of carbonyl (C=O) groups excluding carboxylic acids is 1. The van der Waals surface area contributed by atoms with Crippen LogP contribution in [0.4, 0.5) is 5.69 Å². The number of aromatic nitrogens is 2. The fourth-order valence-corrected chi connectivity index (χ4v) is 2.98. The molecule has 6 nitrogen and oxygen atoms in total. The molecule has 0 bridgehead atoms. The monoisotopic (exact) mass is 307 g/mol. The molecule has 1 aliphatic rings. The Kier molecular flexibility index (Phi) is 5.58. The third-order valence-electron chi connectivity index (χ3n) is 4.23. The summed E-state index contributed by atoms with van der Waals surface area (Å²) in [6.07, 6.45) is 0. The van der Waals surface area contributed by atoms with Gasteiger partial charge in [-0.25, -0.2) is 0 Å². The Hall–Kier alpha value is -1.40. The zero-order valence-corrected chi connectivity index (χ0v) is 14.5. The number of anilines is 1. The largest absolute Gasteiger partial charge is 0.322 e. The number of aryl methyl sites for hydroxylation is 2. The van der Waals surface area contributed by atoms with Gasteiger partial charge in [0, 0.05) is 39.8 Å². The molecule has 0 aliphatic carbocycles. The number of hydrogen-bond acceptors (Lipinski definition) is 4. The Balaban J connectivity index is 1.81. The highest BCUT2D eigenvalue weighted by molar-refractivity contribution is 5.93. The minimum atomic E-state index is 0.0523. The van der Waals surface area contributed by atoms with E-state index in [1.807, 2.05) is 20.9 Å². The van der Waals surface area contributed by atoms with Gasteiger partial charge in [-0.3, -0.25) is 14.4 Å². The van der Waals surface area contributed by atoms with Crippen LogP contribution in [0.25, 0.3) is 0 Å². The molecule has 0 spiro atoms. The van der Waals surface area contributed by atoms with E-state index in [4.69, 9.17) is 0 Å². The maximum Gasteiger partial charge on any atom is 0.238 e. The predicted octanol–water partition coefficient (Wildman–Crippen LogP) is 1.25. The summed E-state index contributed by atoms with van der Waals surface area (Å²) in [6.45, 7) is 14.0. The van der Waals surface area contributed by atoms with Crippen molar-refractivity contribution in [3.8, 4) is 0 Å². The van der Waals surface area contributed by atoms with E-state index in [1.54, 1.807) is 4.68 Å². The number of amides is 1. The minimum Gasteiger partial charge on any atom is -0.322 e. The molecule has 1 saturated heterocycles. The first-order valence-corrected chi connectivity index (χ1v) is 8.11. The topological polar surface area (TPSA) is 53.4 Å². The molecule has 124 valence electrons. The quantitative estimate of drug-likeness (QED) is 0.889. The van der Waals surface area contributed by atoms with Gasteiger partial charge in [0.25, 0.3) is 0 Å². The van der Waals surface area contributed by atoms with Gasteiger partial charge in [-0.2, -0.15) is 5.10 Å². The van der Waals surface area contributed by atoms with E-state index in [9.17, 15) is 4.79 Å². The standard InChI is InChI=1S/C16H29N5O/c1-12(2)10-20-6-8-21(9-7-20)11-15(22)17-16-13(3)18-19(5)14(16)4/h12H,6-11H2,1-5H3,(H,17,22). The van der Waals surface area contributed by atoms with Crippen LogP contribution < -0.4 is 5.32 Å². The summed E-state index contributed by atoms with van der Waals surface area (Å²) >= 11 is 0. The molecule has 0 saturated carbocycles. The molecule has 0 unspecified atom stereocenters. The number of carbonyl (C=O) groups is 1. The number of nitrogens with zero attached hydrogens (tertiary/aromatic N) is 4. The zero-order chi connectivity index (χ0) is 16.3. The lowest BCUT2D eigenvalue weighted by Crippen LogP contribution is -2.49. The molecule has 1 aromatic heterocycles. The Labute approximate surface area is 133 Å². The van der Waals surface area contributed by atoms with Gasteiger partial charge in [0.2, 0.25) is 5.91 Å². The van der Waals surface area contributed by atoms with Gasteiger partial charge in [-0.05, 0) is 19.8 Å². The van der Waals surface area contributed by atoms with Gasteiger partial charge in [-0.1, -0.05) is 13.8 Å². The molecule has 22 heavy (non-hydrogen) atoms. The van der Waals surface area contributed by atoms with E-state index in [0.29, 0.717) is 12.5 Å². The van der Waals surface area contributed by atoms with Crippen LogP contribution in [0, 0.1) is 19.8 Å². The van der Waals surface area contributed by atoms with Crippen molar-refractivity contribution >= 4 is 11.6 Å². The van der Waals surface area contributed by atoms with Crippen LogP contribution in [0.2, 0.25) is 0 Å². The molecule has 0 atom stereocenters. The maximum atomic E-state index is 12.3. The summed E-state index contributed by atoms with van der Waals surface area (Å²) in [7, 11) is 1.89. The minimum absolute atomic E-state index is 0.0523. The van der Waals surface area contributed by atoms with Crippen LogP contribution in [0.15, 0.2) is 0 Å². The Morgan fingerprint density at radius 3 is 2.27 bits per heavy atom. The van der Waals surface area contributed by atoms with Crippen molar-refractivity contribution in [2.45, 2.75) is 27.7 Å². The van der Waals surface area contributed by atoms with Gasteiger partial charge >= 0.3 is 0 Å². The van der Waals surface area contributed by atoms with Gasteiger partial charge in [0.15, 0.2) is 0 Å². The van der Waals surface area contributed by atoms with E-state index >= 15 is 0 Å². The van der Waals surface area contributed by atoms with E-state index in [-0.39, 0.29) is 5.91 Å². The predicted molar refractivity (Wildman–Crippen MR) is 89.0 cm³/mol. The molecule has 1 amide bonds. The summed E-state index contributed by atoms with van der Waals surface area (Å²) in [5.74, 6) is 0.753. The average Bonchev–Trinajstić information content (AvgIpc) is 2.67. The lowest BCUT2D eigenvalue weighted by Gasteiger charge is -2.35. The van der Waals surface area contributed by atoms with Crippen molar-refractivity contribution in [3.63, 3.8) is 0 Å². The zero-order valence-electron chi connectivity index (χ0n) is 14.5. The smallest absolute Gasteiger partial charge is 0.238 e. The highest BCUT2D eigenvalue weighted by atomic mass is 16.2. The van der Waals surface area contributed by atoms with E-state index < -0.39 is 0 Å². The van der Waals surface area contributed by atoms with Crippen molar-refractivity contribution in [2.24, 2.45) is 13.0 Å². The third kappa shape index (κ3) is 4.30. The number of nitrogens with one attached hydrogen (secondary N) is 1. The molecule has 1 fully saturated rings. The summed E-state index contributed by atoms with van der Waals surface area (Å²) < 4.78 is 1.80. The van der Waals surface area contributed by atoms with Crippen LogP contribution in [0.5, 0.6) is 0 Å². The molecule has 0 radical (unpaired) electrons. The van der Waals surface area contributed by atoms with Crippen molar-refractivity contribution in [2.75, 3.05) is 44.6 Å². The van der Waals surface area contributed by atoms with Crippen LogP contribution in [0.1, 0.15) is 25.2 Å². The van der Waals surface area contributed by atoms with Crippen LogP contribution in [-0.2, 0) is 11.8 Å². The number of piperazine rings is 1. The maximum absolute atomic E-state index is 12.3. The first kappa shape index (κ1) is 17.0. The molecule has 1 aromatic rings. The highest BCUT2D eigenvalue weighted by Gasteiger charge is 2.20. The molecular formula is C16H29N5O. The lowest BCUT2D eigenvalue weighted by atomic mass is 10.2. The van der Waals surface area contributed by atoms with Crippen molar-refractivity contribution in [1.29, 1.82) is 0 Å². The summed E-state index contributed by atoms with van der Waals surface area (Å²) in [6, 6.07) is 0. The van der Waals surface area contributed by atoms with Crippen LogP contribution in [-0.4, -0.2) is 64.8 Å². The van der Waals surface area contributed by atoms with Crippen LogP contribution >= 0.6 is 0 Å². The van der Waals surface area contributed by atoms with Crippen molar-refractivity contribution < 1.29 is 4.79 Å². The van der Waals surface area contributed by atoms with Gasteiger partial charge < -0.3 is 10.2 Å².